The van der Waals surface area contributed by atoms with Gasteiger partial charge in [-0.05, 0) is 42.0 Å². The minimum Gasteiger partial charge on any atom is -0.454 e. The summed E-state index contributed by atoms with van der Waals surface area (Å²) < 4.78 is 16.0. The van der Waals surface area contributed by atoms with Gasteiger partial charge >= 0.3 is 6.01 Å². The minimum atomic E-state index is -0.424. The van der Waals surface area contributed by atoms with E-state index in [1.807, 2.05) is 6.07 Å². The number of hydrogen-bond acceptors (Lipinski definition) is 6. The smallest absolute Gasteiger partial charge is 0.322 e. The molecule has 0 unspecified atom stereocenters. The topological polar surface area (TPSA) is 86.5 Å². The second-order valence-corrected chi connectivity index (χ2v) is 6.38. The zero-order valence-corrected chi connectivity index (χ0v) is 15.1. The third kappa shape index (κ3) is 4.05. The van der Waals surface area contributed by atoms with Gasteiger partial charge in [0.25, 0.3) is 5.91 Å². The van der Waals surface area contributed by atoms with Crippen LogP contribution in [0.5, 0.6) is 11.5 Å². The van der Waals surface area contributed by atoms with Crippen LogP contribution < -0.4 is 14.8 Å². The third-order valence-corrected chi connectivity index (χ3v) is 4.02. The molecule has 1 amide bonds. The first-order valence-corrected chi connectivity index (χ1v) is 8.51. The lowest BCUT2D eigenvalue weighted by Gasteiger charge is -1.98. The number of halogens is 2. The summed E-state index contributed by atoms with van der Waals surface area (Å²) >= 11 is 11.9. The Labute approximate surface area is 163 Å². The first kappa shape index (κ1) is 17.4. The first-order chi connectivity index (χ1) is 13.1. The average Bonchev–Trinajstić information content (AvgIpc) is 3.28. The minimum absolute atomic E-state index is 0.0403. The highest BCUT2D eigenvalue weighted by molar-refractivity contribution is 6.35. The highest BCUT2D eigenvalue weighted by Gasteiger charge is 2.13. The maximum Gasteiger partial charge on any atom is 0.322 e. The Bertz CT molecular complexity index is 1030. The van der Waals surface area contributed by atoms with Gasteiger partial charge in [-0.25, -0.2) is 0 Å². The molecule has 0 spiro atoms. The number of fused-ring (bicyclic) bond motifs is 1. The van der Waals surface area contributed by atoms with Crippen LogP contribution in [0, 0.1) is 0 Å². The number of benzene rings is 2. The summed E-state index contributed by atoms with van der Waals surface area (Å²) in [4.78, 5) is 12.0. The molecular weight excluding hydrogens is 393 g/mol. The molecular formula is C18H11Cl2N3O4. The van der Waals surface area contributed by atoms with Crippen molar-refractivity contribution in [3.05, 3.63) is 58.1 Å². The van der Waals surface area contributed by atoms with Gasteiger partial charge in [0.15, 0.2) is 11.5 Å². The summed E-state index contributed by atoms with van der Waals surface area (Å²) in [5.41, 5.74) is 1.34. The molecule has 1 aliphatic rings. The zero-order chi connectivity index (χ0) is 18.8. The van der Waals surface area contributed by atoms with Crippen LogP contribution in [-0.2, 0) is 4.79 Å². The number of anilines is 1. The van der Waals surface area contributed by atoms with Crippen LogP contribution in [0.25, 0.3) is 17.5 Å². The van der Waals surface area contributed by atoms with Gasteiger partial charge in [0.05, 0.1) is 0 Å². The summed E-state index contributed by atoms with van der Waals surface area (Å²) in [6.07, 6.45) is 2.98. The molecule has 9 heteroatoms. The van der Waals surface area contributed by atoms with Crippen molar-refractivity contribution >= 4 is 41.2 Å². The molecule has 1 aliphatic heterocycles. The van der Waals surface area contributed by atoms with E-state index >= 15 is 0 Å². The van der Waals surface area contributed by atoms with Gasteiger partial charge in [-0.1, -0.05) is 34.4 Å². The monoisotopic (exact) mass is 403 g/mol. The number of rotatable bonds is 4. The van der Waals surface area contributed by atoms with E-state index in [4.69, 9.17) is 37.1 Å². The summed E-state index contributed by atoms with van der Waals surface area (Å²) in [6.45, 7) is 0.195. The van der Waals surface area contributed by atoms with Crippen LogP contribution in [0.2, 0.25) is 10.0 Å². The van der Waals surface area contributed by atoms with Crippen molar-refractivity contribution in [2.75, 3.05) is 12.1 Å². The van der Waals surface area contributed by atoms with Crippen LogP contribution >= 0.6 is 23.2 Å². The Kier molecular flexibility index (Phi) is 4.70. The van der Waals surface area contributed by atoms with Gasteiger partial charge < -0.3 is 13.9 Å². The molecule has 2 heterocycles. The SMILES string of the molecule is O=C(C=Cc1ccc2c(c1)OCO2)Nc1nnc(-c2cc(Cl)cc(Cl)c2)o1. The summed E-state index contributed by atoms with van der Waals surface area (Å²) in [7, 11) is 0. The standard InChI is InChI=1S/C18H11Cl2N3O4/c19-12-6-11(7-13(20)8-12)17-22-23-18(27-17)21-16(24)4-2-10-1-3-14-15(5-10)26-9-25-14/h1-8H,9H2,(H,21,23,24). The maximum atomic E-state index is 12.0. The fourth-order valence-corrected chi connectivity index (χ4v) is 2.93. The molecule has 2 aromatic carbocycles. The summed E-state index contributed by atoms with van der Waals surface area (Å²) in [5, 5.41) is 11.0. The number of hydrogen-bond donors (Lipinski definition) is 1. The van der Waals surface area contributed by atoms with Crippen LogP contribution in [-0.4, -0.2) is 22.9 Å². The number of nitrogens with zero attached hydrogens (tertiary/aromatic N) is 2. The van der Waals surface area contributed by atoms with Crippen molar-refractivity contribution in [3.8, 4) is 23.0 Å². The molecule has 0 saturated heterocycles. The van der Waals surface area contributed by atoms with Gasteiger partial charge in [-0.2, -0.15) is 0 Å². The Morgan fingerprint density at radius 2 is 1.81 bits per heavy atom. The van der Waals surface area contributed by atoms with E-state index in [0.717, 1.165) is 5.56 Å². The Balaban J connectivity index is 1.43. The first-order valence-electron chi connectivity index (χ1n) is 7.75. The van der Waals surface area contributed by atoms with Crippen LogP contribution in [0.3, 0.4) is 0 Å². The lowest BCUT2D eigenvalue weighted by molar-refractivity contribution is -0.112. The molecule has 0 saturated carbocycles. The van der Waals surface area contributed by atoms with E-state index in [1.54, 1.807) is 36.4 Å². The van der Waals surface area contributed by atoms with Crippen molar-refractivity contribution < 1.29 is 18.7 Å². The Morgan fingerprint density at radius 1 is 1.04 bits per heavy atom. The number of carbonyl (C=O) groups excluding carboxylic acids is 1. The predicted octanol–water partition coefficient (Wildman–Crippen LogP) is 4.42. The van der Waals surface area contributed by atoms with Crippen LogP contribution in [0.4, 0.5) is 6.01 Å². The van der Waals surface area contributed by atoms with Crippen molar-refractivity contribution in [3.63, 3.8) is 0 Å². The molecule has 1 aromatic heterocycles. The molecule has 0 radical (unpaired) electrons. The molecule has 0 fully saturated rings. The normalized spacial score (nSPS) is 12.5. The highest BCUT2D eigenvalue weighted by atomic mass is 35.5. The fourth-order valence-electron chi connectivity index (χ4n) is 2.40. The van der Waals surface area contributed by atoms with E-state index in [1.165, 1.54) is 6.08 Å². The molecule has 4 rings (SSSR count). The van der Waals surface area contributed by atoms with Crippen LogP contribution in [0.1, 0.15) is 5.56 Å². The van der Waals surface area contributed by atoms with Gasteiger partial charge in [0.2, 0.25) is 12.7 Å². The van der Waals surface area contributed by atoms with E-state index in [2.05, 4.69) is 15.5 Å². The number of carbonyl (C=O) groups is 1. The number of nitrogens with one attached hydrogen (secondary N) is 1. The maximum absolute atomic E-state index is 12.0. The molecule has 1 N–H and O–H groups in total. The fraction of sp³-hybridized carbons (Fsp3) is 0.0556. The molecule has 27 heavy (non-hydrogen) atoms. The van der Waals surface area contributed by atoms with E-state index in [-0.39, 0.29) is 18.7 Å². The lowest BCUT2D eigenvalue weighted by Crippen LogP contribution is -2.07. The second-order valence-electron chi connectivity index (χ2n) is 5.51. The molecule has 7 nitrogen and oxygen atoms in total. The molecule has 3 aromatic rings. The molecule has 0 atom stereocenters. The van der Waals surface area contributed by atoms with Crippen LogP contribution in [0.15, 0.2) is 46.9 Å². The zero-order valence-electron chi connectivity index (χ0n) is 13.6. The van der Waals surface area contributed by atoms with Gasteiger partial charge in [0.1, 0.15) is 0 Å². The van der Waals surface area contributed by atoms with Gasteiger partial charge in [-0.15, -0.1) is 5.10 Å². The van der Waals surface area contributed by atoms with E-state index in [9.17, 15) is 4.79 Å². The van der Waals surface area contributed by atoms with E-state index < -0.39 is 5.91 Å². The number of ether oxygens (including phenoxy) is 2. The average molecular weight is 404 g/mol. The largest absolute Gasteiger partial charge is 0.454 e. The van der Waals surface area contributed by atoms with Crippen molar-refractivity contribution in [2.45, 2.75) is 0 Å². The predicted molar refractivity (Wildman–Crippen MR) is 100.0 cm³/mol. The second kappa shape index (κ2) is 7.30. The van der Waals surface area contributed by atoms with Crippen molar-refractivity contribution in [1.82, 2.24) is 10.2 Å². The quantitative estimate of drug-likeness (QED) is 0.648. The molecule has 0 aliphatic carbocycles. The van der Waals surface area contributed by atoms with E-state index in [0.29, 0.717) is 27.1 Å². The molecule has 0 bridgehead atoms. The lowest BCUT2D eigenvalue weighted by atomic mass is 10.2. The molecule has 136 valence electrons. The Morgan fingerprint density at radius 3 is 2.63 bits per heavy atom. The highest BCUT2D eigenvalue weighted by Crippen LogP contribution is 2.32. The number of amides is 1. The summed E-state index contributed by atoms with van der Waals surface area (Å²) in [6, 6.07) is 10.2. The Hall–Kier alpha value is -3.03. The van der Waals surface area contributed by atoms with Crippen molar-refractivity contribution in [1.29, 1.82) is 0 Å². The van der Waals surface area contributed by atoms with Gasteiger partial charge in [0, 0.05) is 21.7 Å². The van der Waals surface area contributed by atoms with Crippen molar-refractivity contribution in [2.24, 2.45) is 0 Å². The van der Waals surface area contributed by atoms with Gasteiger partial charge in [-0.3, -0.25) is 10.1 Å². The number of aromatic nitrogens is 2. The summed E-state index contributed by atoms with van der Waals surface area (Å²) in [5.74, 6) is 1.08. The third-order valence-electron chi connectivity index (χ3n) is 3.59.